The maximum atomic E-state index is 12.3. The Labute approximate surface area is 155 Å². The maximum Gasteiger partial charge on any atom is 0.325 e. The van der Waals surface area contributed by atoms with Gasteiger partial charge in [0.1, 0.15) is 18.1 Å². The smallest absolute Gasteiger partial charge is 0.325 e. The minimum Gasteiger partial charge on any atom is -0.481 e. The fourth-order valence-electron chi connectivity index (χ4n) is 1.68. The summed E-state index contributed by atoms with van der Waals surface area (Å²) in [5, 5.41) is 24.4. The van der Waals surface area contributed by atoms with Crippen LogP contribution in [0, 0.1) is 0 Å². The Hall–Kier alpha value is -2.34. The second-order valence-corrected chi connectivity index (χ2v) is 5.96. The Morgan fingerprint density at radius 2 is 1.42 bits per heavy atom. The van der Waals surface area contributed by atoms with Crippen LogP contribution in [0.25, 0.3) is 0 Å². The number of nitrogens with one attached hydrogen (secondary N) is 3. The summed E-state index contributed by atoms with van der Waals surface area (Å²) in [6, 6.07) is -4.50. The van der Waals surface area contributed by atoms with Crippen molar-refractivity contribution in [3.05, 3.63) is 0 Å². The van der Waals surface area contributed by atoms with Crippen LogP contribution in [0.15, 0.2) is 0 Å². The van der Waals surface area contributed by atoms with Crippen molar-refractivity contribution in [2.24, 2.45) is 5.73 Å². The molecule has 0 aliphatic heterocycles. The summed E-state index contributed by atoms with van der Waals surface area (Å²) in [6.45, 7) is 2.63. The van der Waals surface area contributed by atoms with Gasteiger partial charge >= 0.3 is 11.9 Å². The highest BCUT2D eigenvalue weighted by Gasteiger charge is 2.28. The Bertz CT molecular complexity index is 555. The van der Waals surface area contributed by atoms with Gasteiger partial charge < -0.3 is 31.9 Å². The van der Waals surface area contributed by atoms with E-state index in [4.69, 9.17) is 15.9 Å². The molecule has 0 saturated carbocycles. The number of hydrogen-bond donors (Lipinski definition) is 7. The lowest BCUT2D eigenvalue weighted by Gasteiger charge is -2.23. The highest BCUT2D eigenvalue weighted by atomic mass is 32.1. The van der Waals surface area contributed by atoms with Crippen LogP contribution in [0.3, 0.4) is 0 Å². The van der Waals surface area contributed by atoms with Crippen LogP contribution < -0.4 is 21.7 Å². The Morgan fingerprint density at radius 3 is 1.85 bits per heavy atom. The highest BCUT2D eigenvalue weighted by Crippen LogP contribution is 2.01. The molecule has 148 valence electrons. The molecule has 0 spiro atoms. The molecule has 0 aliphatic carbocycles. The third-order valence-corrected chi connectivity index (χ3v) is 3.60. The summed E-state index contributed by atoms with van der Waals surface area (Å²) in [5.41, 5.74) is 5.40. The number of nitrogens with two attached hydrogens (primary N) is 1. The van der Waals surface area contributed by atoms with E-state index in [2.05, 4.69) is 28.6 Å². The van der Waals surface area contributed by atoms with Crippen molar-refractivity contribution in [3.63, 3.8) is 0 Å². The van der Waals surface area contributed by atoms with E-state index in [0.717, 1.165) is 0 Å². The van der Waals surface area contributed by atoms with Gasteiger partial charge in [-0.25, -0.2) is 0 Å². The molecule has 0 fully saturated rings. The summed E-state index contributed by atoms with van der Waals surface area (Å²) < 4.78 is 0. The van der Waals surface area contributed by atoms with Gasteiger partial charge in [-0.15, -0.1) is 0 Å². The molecule has 0 aliphatic rings. The van der Waals surface area contributed by atoms with Crippen LogP contribution in [-0.4, -0.2) is 69.8 Å². The molecule has 0 radical (unpaired) electrons. The van der Waals surface area contributed by atoms with Gasteiger partial charge in [-0.1, -0.05) is 0 Å². The molecule has 0 aromatic rings. The number of rotatable bonds is 11. The van der Waals surface area contributed by atoms with Gasteiger partial charge in [0.05, 0.1) is 6.04 Å². The first-order chi connectivity index (χ1) is 12.0. The van der Waals surface area contributed by atoms with Crippen molar-refractivity contribution in [3.8, 4) is 0 Å². The van der Waals surface area contributed by atoms with Crippen molar-refractivity contribution < 1.29 is 34.2 Å². The summed E-state index contributed by atoms with van der Waals surface area (Å²) in [5.74, 6) is -4.82. The van der Waals surface area contributed by atoms with E-state index >= 15 is 0 Å². The molecule has 26 heavy (non-hydrogen) atoms. The van der Waals surface area contributed by atoms with Gasteiger partial charge in [0.15, 0.2) is 0 Å². The number of hydrogen-bond acceptors (Lipinski definition) is 7. The maximum absolute atomic E-state index is 12.3. The molecule has 4 atom stereocenters. The molecule has 0 saturated heterocycles. The van der Waals surface area contributed by atoms with Crippen LogP contribution >= 0.6 is 12.6 Å². The van der Waals surface area contributed by atoms with Gasteiger partial charge in [-0.05, 0) is 20.3 Å². The lowest BCUT2D eigenvalue weighted by Crippen LogP contribution is -2.57. The second kappa shape index (κ2) is 11.3. The number of carboxylic acids is 2. The van der Waals surface area contributed by atoms with E-state index in [9.17, 15) is 24.0 Å². The van der Waals surface area contributed by atoms with Crippen LogP contribution in [0.4, 0.5) is 0 Å². The van der Waals surface area contributed by atoms with Crippen molar-refractivity contribution >= 4 is 42.3 Å². The molecular formula is C14H24N4O7S. The van der Waals surface area contributed by atoms with Gasteiger partial charge in [0, 0.05) is 12.2 Å². The van der Waals surface area contributed by atoms with Crippen LogP contribution in [-0.2, 0) is 24.0 Å². The molecule has 7 N–H and O–H groups in total. The molecule has 0 aromatic carbocycles. The Balaban J connectivity index is 5.09. The zero-order chi connectivity index (χ0) is 20.4. The quantitative estimate of drug-likeness (QED) is 0.191. The zero-order valence-electron chi connectivity index (χ0n) is 14.4. The lowest BCUT2D eigenvalue weighted by molar-refractivity contribution is -0.142. The normalized spacial score (nSPS) is 15.1. The minimum atomic E-state index is -1.30. The van der Waals surface area contributed by atoms with E-state index in [0.29, 0.717) is 0 Å². The first-order valence-corrected chi connectivity index (χ1v) is 8.35. The van der Waals surface area contributed by atoms with Crippen molar-refractivity contribution in [1.82, 2.24) is 16.0 Å². The highest BCUT2D eigenvalue weighted by molar-refractivity contribution is 7.80. The van der Waals surface area contributed by atoms with E-state index in [1.165, 1.54) is 13.8 Å². The second-order valence-electron chi connectivity index (χ2n) is 5.59. The fraction of sp³-hybridized carbons (Fsp3) is 0.643. The third-order valence-electron chi connectivity index (χ3n) is 3.24. The topological polar surface area (TPSA) is 188 Å². The number of carboxylic acid groups (broad SMARTS) is 2. The lowest BCUT2D eigenvalue weighted by atomic mass is 10.1. The van der Waals surface area contributed by atoms with E-state index in [1.54, 1.807) is 0 Å². The third kappa shape index (κ3) is 8.67. The average molecular weight is 392 g/mol. The van der Waals surface area contributed by atoms with Crippen LogP contribution in [0.2, 0.25) is 0 Å². The van der Waals surface area contributed by atoms with Crippen molar-refractivity contribution in [2.75, 3.05) is 5.75 Å². The predicted octanol–water partition coefficient (Wildman–Crippen LogP) is -2.31. The molecule has 3 amide bonds. The summed E-state index contributed by atoms with van der Waals surface area (Å²) >= 11 is 3.95. The Kier molecular flexibility index (Phi) is 10.3. The molecule has 12 heteroatoms. The first-order valence-electron chi connectivity index (χ1n) is 7.71. The molecular weight excluding hydrogens is 368 g/mol. The molecule has 4 unspecified atom stereocenters. The number of aliphatic carboxylic acids is 2. The van der Waals surface area contributed by atoms with Crippen LogP contribution in [0.1, 0.15) is 26.7 Å². The summed E-state index contributed by atoms with van der Waals surface area (Å²) in [6.07, 6.45) is -0.697. The largest absolute Gasteiger partial charge is 0.481 e. The van der Waals surface area contributed by atoms with E-state index in [1.807, 2.05) is 0 Å². The van der Waals surface area contributed by atoms with Crippen molar-refractivity contribution in [2.45, 2.75) is 50.9 Å². The standard InChI is InChI=1S/C14H24N4O7S/c1-6(15)11(21)18-9(5-26)13(23)17-8(3-4-10(19)20)12(22)16-7(2)14(24)25/h6-9,26H,3-5,15H2,1-2H3,(H,16,22)(H,17,23)(H,18,21)(H,19,20)(H,24,25). The monoisotopic (exact) mass is 392 g/mol. The zero-order valence-corrected chi connectivity index (χ0v) is 15.3. The average Bonchev–Trinajstić information content (AvgIpc) is 2.54. The summed E-state index contributed by atoms with van der Waals surface area (Å²) in [7, 11) is 0. The number of thiol groups is 1. The number of carbonyl (C=O) groups is 5. The number of carbonyl (C=O) groups excluding carboxylic acids is 3. The SMILES string of the molecule is CC(N)C(=O)NC(CS)C(=O)NC(CCC(=O)O)C(=O)NC(C)C(=O)O. The Morgan fingerprint density at radius 1 is 0.923 bits per heavy atom. The molecule has 0 heterocycles. The minimum absolute atomic E-state index is 0.0942. The van der Waals surface area contributed by atoms with E-state index in [-0.39, 0.29) is 12.2 Å². The molecule has 11 nitrogen and oxygen atoms in total. The molecule has 0 bridgehead atoms. The van der Waals surface area contributed by atoms with E-state index < -0.39 is 60.2 Å². The first kappa shape index (κ1) is 23.7. The number of amides is 3. The fourth-order valence-corrected chi connectivity index (χ4v) is 1.94. The van der Waals surface area contributed by atoms with Gasteiger partial charge in [0.25, 0.3) is 0 Å². The van der Waals surface area contributed by atoms with Gasteiger partial charge in [-0.3, -0.25) is 24.0 Å². The van der Waals surface area contributed by atoms with Crippen LogP contribution in [0.5, 0.6) is 0 Å². The van der Waals surface area contributed by atoms with Gasteiger partial charge in [0.2, 0.25) is 17.7 Å². The molecule has 0 rings (SSSR count). The van der Waals surface area contributed by atoms with Gasteiger partial charge in [-0.2, -0.15) is 12.6 Å². The summed E-state index contributed by atoms with van der Waals surface area (Å²) in [4.78, 5) is 57.5. The molecule has 0 aromatic heterocycles. The predicted molar refractivity (Wildman–Crippen MR) is 93.5 cm³/mol. The van der Waals surface area contributed by atoms with Crippen molar-refractivity contribution in [1.29, 1.82) is 0 Å².